The first-order valence-corrected chi connectivity index (χ1v) is 5.58. The maximum absolute atomic E-state index is 11.5. The summed E-state index contributed by atoms with van der Waals surface area (Å²) in [6.45, 7) is 2.05. The van der Waals surface area contributed by atoms with Crippen LogP contribution in [0.3, 0.4) is 0 Å². The molecule has 0 atom stereocenters. The number of rotatable bonds is 4. The van der Waals surface area contributed by atoms with E-state index in [2.05, 4.69) is 11.9 Å². The highest BCUT2D eigenvalue weighted by molar-refractivity contribution is 5.88. The summed E-state index contributed by atoms with van der Waals surface area (Å²) < 4.78 is 5.30. The first kappa shape index (κ1) is 10.7. The van der Waals surface area contributed by atoms with Crippen LogP contribution in [0.2, 0.25) is 0 Å². The van der Waals surface area contributed by atoms with Crippen molar-refractivity contribution in [3.8, 4) is 5.75 Å². The molecule has 0 amide bonds. The van der Waals surface area contributed by atoms with Gasteiger partial charge >= 0.3 is 5.97 Å². The summed E-state index contributed by atoms with van der Waals surface area (Å²) >= 11 is 0. The molecule has 3 heteroatoms. The number of unbranched alkanes of at least 4 members (excludes halogenated alkanes) is 1. The van der Waals surface area contributed by atoms with Crippen LogP contribution in [0, 0.1) is 0 Å². The maximum atomic E-state index is 11.5. The van der Waals surface area contributed by atoms with Crippen molar-refractivity contribution in [2.45, 2.75) is 26.2 Å². The normalized spacial score (nSPS) is 10.6. The van der Waals surface area contributed by atoms with Crippen LogP contribution in [-0.2, 0) is 4.79 Å². The van der Waals surface area contributed by atoms with Crippen molar-refractivity contribution in [3.63, 3.8) is 0 Å². The minimum absolute atomic E-state index is 0.161. The van der Waals surface area contributed by atoms with E-state index in [-0.39, 0.29) is 5.97 Å². The van der Waals surface area contributed by atoms with Crippen LogP contribution in [0.1, 0.15) is 26.2 Å². The molecule has 0 unspecified atom stereocenters. The van der Waals surface area contributed by atoms with Crippen molar-refractivity contribution in [3.05, 3.63) is 30.5 Å². The van der Waals surface area contributed by atoms with Gasteiger partial charge in [0, 0.05) is 23.5 Å². The van der Waals surface area contributed by atoms with Gasteiger partial charge in [-0.15, -0.1) is 0 Å². The minimum atomic E-state index is -0.161. The third kappa shape index (κ3) is 2.24. The van der Waals surface area contributed by atoms with Crippen LogP contribution in [0.15, 0.2) is 30.5 Å². The number of H-pyrrole nitrogens is 1. The number of carbonyl (C=O) groups is 1. The monoisotopic (exact) mass is 217 g/mol. The number of nitrogens with one attached hydrogen (secondary N) is 1. The largest absolute Gasteiger partial charge is 0.424 e. The van der Waals surface area contributed by atoms with Gasteiger partial charge in [0.1, 0.15) is 0 Å². The minimum Gasteiger partial charge on any atom is -0.424 e. The van der Waals surface area contributed by atoms with Gasteiger partial charge in [0.15, 0.2) is 5.75 Å². The molecule has 84 valence electrons. The van der Waals surface area contributed by atoms with Crippen molar-refractivity contribution in [2.75, 3.05) is 0 Å². The number of para-hydroxylation sites is 1. The quantitative estimate of drug-likeness (QED) is 0.798. The Morgan fingerprint density at radius 2 is 2.19 bits per heavy atom. The van der Waals surface area contributed by atoms with Crippen molar-refractivity contribution in [1.29, 1.82) is 0 Å². The molecule has 1 aromatic carbocycles. The van der Waals surface area contributed by atoms with Crippen LogP contribution in [0.25, 0.3) is 10.9 Å². The Morgan fingerprint density at radius 1 is 1.38 bits per heavy atom. The summed E-state index contributed by atoms with van der Waals surface area (Å²) in [5.74, 6) is 0.461. The Morgan fingerprint density at radius 3 is 3.00 bits per heavy atom. The van der Waals surface area contributed by atoms with Gasteiger partial charge in [-0.25, -0.2) is 0 Å². The van der Waals surface area contributed by atoms with Crippen LogP contribution >= 0.6 is 0 Å². The van der Waals surface area contributed by atoms with E-state index in [0.717, 1.165) is 23.7 Å². The van der Waals surface area contributed by atoms with Gasteiger partial charge < -0.3 is 9.72 Å². The molecule has 0 radical (unpaired) electrons. The van der Waals surface area contributed by atoms with E-state index >= 15 is 0 Å². The number of benzene rings is 1. The maximum Gasteiger partial charge on any atom is 0.311 e. The molecule has 0 aliphatic heterocycles. The molecule has 0 bridgehead atoms. The lowest BCUT2D eigenvalue weighted by Gasteiger charge is -2.01. The Labute approximate surface area is 94.4 Å². The molecule has 0 aliphatic carbocycles. The summed E-state index contributed by atoms with van der Waals surface area (Å²) in [6.07, 6.45) is 4.09. The summed E-state index contributed by atoms with van der Waals surface area (Å²) in [6, 6.07) is 7.77. The topological polar surface area (TPSA) is 42.1 Å². The van der Waals surface area contributed by atoms with E-state index in [9.17, 15) is 4.79 Å². The smallest absolute Gasteiger partial charge is 0.311 e. The molecular weight excluding hydrogens is 202 g/mol. The highest BCUT2D eigenvalue weighted by atomic mass is 16.5. The molecule has 3 nitrogen and oxygen atoms in total. The molecule has 16 heavy (non-hydrogen) atoms. The molecule has 0 fully saturated rings. The fourth-order valence-corrected chi connectivity index (χ4v) is 1.62. The second kappa shape index (κ2) is 4.84. The summed E-state index contributed by atoms with van der Waals surface area (Å²) in [4.78, 5) is 14.5. The zero-order chi connectivity index (χ0) is 11.4. The zero-order valence-corrected chi connectivity index (χ0v) is 9.32. The van der Waals surface area contributed by atoms with E-state index in [1.807, 2.05) is 24.3 Å². The third-order valence-electron chi connectivity index (χ3n) is 2.51. The van der Waals surface area contributed by atoms with Crippen molar-refractivity contribution >= 4 is 16.9 Å². The predicted molar refractivity (Wildman–Crippen MR) is 63.5 cm³/mol. The Bertz CT molecular complexity index is 487. The number of ether oxygens (including phenoxy) is 1. The van der Waals surface area contributed by atoms with Gasteiger partial charge in [0.2, 0.25) is 0 Å². The molecular formula is C13H15NO2. The molecule has 2 aromatic rings. The molecule has 0 saturated heterocycles. The van der Waals surface area contributed by atoms with Crippen LogP contribution in [0.5, 0.6) is 5.75 Å². The predicted octanol–water partition coefficient (Wildman–Crippen LogP) is 3.26. The van der Waals surface area contributed by atoms with Crippen LogP contribution in [-0.4, -0.2) is 11.0 Å². The van der Waals surface area contributed by atoms with Crippen molar-refractivity contribution < 1.29 is 9.53 Å². The lowest BCUT2D eigenvalue weighted by Crippen LogP contribution is -2.06. The zero-order valence-electron chi connectivity index (χ0n) is 9.32. The number of aromatic amines is 1. The number of aromatic nitrogens is 1. The molecule has 0 saturated carbocycles. The lowest BCUT2D eigenvalue weighted by molar-refractivity contribution is -0.134. The lowest BCUT2D eigenvalue weighted by atomic mass is 10.2. The standard InChI is InChI=1S/C13H15NO2/c1-2-3-8-13(15)16-12-9-14-11-7-5-4-6-10(11)12/h4-7,9,14H,2-3,8H2,1H3. The number of fused-ring (bicyclic) bond motifs is 1. The molecule has 2 rings (SSSR count). The second-order valence-electron chi connectivity index (χ2n) is 3.78. The van der Waals surface area contributed by atoms with Gasteiger partial charge in [-0.05, 0) is 18.6 Å². The molecule has 0 aliphatic rings. The van der Waals surface area contributed by atoms with Crippen molar-refractivity contribution in [1.82, 2.24) is 4.98 Å². The highest BCUT2D eigenvalue weighted by Crippen LogP contribution is 2.25. The van der Waals surface area contributed by atoms with Gasteiger partial charge in [0.25, 0.3) is 0 Å². The first-order valence-electron chi connectivity index (χ1n) is 5.58. The number of hydrogen-bond acceptors (Lipinski definition) is 2. The van der Waals surface area contributed by atoms with Gasteiger partial charge in [-0.2, -0.15) is 0 Å². The second-order valence-corrected chi connectivity index (χ2v) is 3.78. The molecule has 1 heterocycles. The van der Waals surface area contributed by atoms with E-state index < -0.39 is 0 Å². The molecule has 1 aromatic heterocycles. The first-order chi connectivity index (χ1) is 7.81. The number of carbonyl (C=O) groups excluding carboxylic acids is 1. The van der Waals surface area contributed by atoms with Gasteiger partial charge in [0.05, 0.1) is 0 Å². The van der Waals surface area contributed by atoms with E-state index in [1.165, 1.54) is 0 Å². The fourth-order valence-electron chi connectivity index (χ4n) is 1.62. The SMILES string of the molecule is CCCCC(=O)Oc1c[nH]c2ccccc12. The summed E-state index contributed by atoms with van der Waals surface area (Å²) in [5, 5.41) is 0.951. The van der Waals surface area contributed by atoms with Gasteiger partial charge in [-0.1, -0.05) is 25.5 Å². The summed E-state index contributed by atoms with van der Waals surface area (Å²) in [7, 11) is 0. The molecule has 1 N–H and O–H groups in total. The Hall–Kier alpha value is -1.77. The van der Waals surface area contributed by atoms with E-state index in [1.54, 1.807) is 6.20 Å². The van der Waals surface area contributed by atoms with Gasteiger partial charge in [-0.3, -0.25) is 4.79 Å². The van der Waals surface area contributed by atoms with E-state index in [4.69, 9.17) is 4.74 Å². The average molecular weight is 217 g/mol. The van der Waals surface area contributed by atoms with Crippen LogP contribution in [0.4, 0.5) is 0 Å². The number of esters is 1. The average Bonchev–Trinajstić information content (AvgIpc) is 2.70. The summed E-state index contributed by atoms with van der Waals surface area (Å²) in [5.41, 5.74) is 0.987. The molecule has 0 spiro atoms. The van der Waals surface area contributed by atoms with Crippen molar-refractivity contribution in [2.24, 2.45) is 0 Å². The fraction of sp³-hybridized carbons (Fsp3) is 0.308. The highest BCUT2D eigenvalue weighted by Gasteiger charge is 2.08. The Kier molecular flexibility index (Phi) is 3.25. The van der Waals surface area contributed by atoms with E-state index in [0.29, 0.717) is 12.2 Å². The third-order valence-corrected chi connectivity index (χ3v) is 2.51. The number of hydrogen-bond donors (Lipinski definition) is 1. The Balaban J connectivity index is 2.12. The van der Waals surface area contributed by atoms with Crippen LogP contribution < -0.4 is 4.74 Å².